The normalized spacial score (nSPS) is 28.6. The Kier molecular flexibility index (Phi) is 7.71. The fourth-order valence-electron chi connectivity index (χ4n) is 3.19. The molecule has 0 aromatic carbocycles. The molecule has 1 saturated carbocycles. The van der Waals surface area contributed by atoms with Gasteiger partial charge in [-0.3, -0.25) is 4.99 Å². The van der Waals surface area contributed by atoms with Gasteiger partial charge >= 0.3 is 0 Å². The number of nitrogens with one attached hydrogen (secondary N) is 2. The zero-order valence-electron chi connectivity index (χ0n) is 14.2. The van der Waals surface area contributed by atoms with Gasteiger partial charge in [-0.25, -0.2) is 0 Å². The van der Waals surface area contributed by atoms with Crippen molar-refractivity contribution in [2.75, 3.05) is 38.8 Å². The molecule has 0 amide bonds. The number of aliphatic imine (C=N–C) groups is 1. The molecule has 1 aliphatic heterocycles. The van der Waals surface area contributed by atoms with Crippen LogP contribution in [0.5, 0.6) is 0 Å². The summed E-state index contributed by atoms with van der Waals surface area (Å²) in [5.41, 5.74) is 0. The summed E-state index contributed by atoms with van der Waals surface area (Å²) in [6.45, 7) is 5.68. The Bertz CT molecular complexity index is 359. The quantitative estimate of drug-likeness (QED) is 0.572. The van der Waals surface area contributed by atoms with Gasteiger partial charge in [0.15, 0.2) is 5.96 Å². The predicted molar refractivity (Wildman–Crippen MR) is 100 cm³/mol. The van der Waals surface area contributed by atoms with Crippen LogP contribution in [-0.2, 0) is 4.74 Å². The molecule has 4 nitrogen and oxygen atoms in total. The molecule has 1 aliphatic carbocycles. The van der Waals surface area contributed by atoms with Crippen LogP contribution in [-0.4, -0.2) is 60.8 Å². The Labute approximate surface area is 144 Å². The van der Waals surface area contributed by atoms with E-state index >= 15 is 0 Å². The first-order chi connectivity index (χ1) is 10.7. The first-order valence-corrected chi connectivity index (χ1v) is 10.9. The van der Waals surface area contributed by atoms with Crippen molar-refractivity contribution in [3.63, 3.8) is 0 Å². The Morgan fingerprint density at radius 1 is 1.27 bits per heavy atom. The van der Waals surface area contributed by atoms with Crippen molar-refractivity contribution in [2.45, 2.75) is 55.1 Å². The number of hydrogen-bond donors (Lipinski definition) is 2. The zero-order chi connectivity index (χ0) is 15.8. The van der Waals surface area contributed by atoms with Gasteiger partial charge in [-0.15, -0.1) is 0 Å². The van der Waals surface area contributed by atoms with E-state index in [1.807, 2.05) is 23.5 Å². The zero-order valence-corrected chi connectivity index (χ0v) is 15.8. The molecule has 0 aromatic heterocycles. The molecule has 1 saturated heterocycles. The Balaban J connectivity index is 1.91. The summed E-state index contributed by atoms with van der Waals surface area (Å²) in [4.78, 5) is 4.91. The molecule has 2 N–H and O–H groups in total. The van der Waals surface area contributed by atoms with Gasteiger partial charge in [0.25, 0.3) is 0 Å². The van der Waals surface area contributed by atoms with Crippen LogP contribution in [0.25, 0.3) is 0 Å². The van der Waals surface area contributed by atoms with Crippen LogP contribution < -0.4 is 10.6 Å². The second kappa shape index (κ2) is 9.28. The highest BCUT2D eigenvalue weighted by atomic mass is 32.2. The molecule has 0 radical (unpaired) electrons. The van der Waals surface area contributed by atoms with E-state index in [-0.39, 0.29) is 4.75 Å². The Morgan fingerprint density at radius 3 is 2.64 bits per heavy atom. The lowest BCUT2D eigenvalue weighted by Gasteiger charge is -2.34. The minimum absolute atomic E-state index is 0.262. The average Bonchev–Trinajstić information content (AvgIpc) is 3.01. The van der Waals surface area contributed by atoms with E-state index < -0.39 is 0 Å². The van der Waals surface area contributed by atoms with E-state index in [1.165, 1.54) is 19.3 Å². The van der Waals surface area contributed by atoms with Crippen molar-refractivity contribution < 1.29 is 4.74 Å². The molecule has 2 rings (SSSR count). The van der Waals surface area contributed by atoms with E-state index in [4.69, 9.17) is 9.73 Å². The third-order valence-corrected chi connectivity index (χ3v) is 7.26. The molecule has 1 heterocycles. The first kappa shape index (κ1) is 18.3. The first-order valence-electron chi connectivity index (χ1n) is 8.42. The molecule has 0 aromatic rings. The van der Waals surface area contributed by atoms with Crippen LogP contribution in [0.3, 0.4) is 0 Å². The van der Waals surface area contributed by atoms with Gasteiger partial charge in [-0.05, 0) is 51.5 Å². The summed E-state index contributed by atoms with van der Waals surface area (Å²) < 4.78 is 5.78. The SMILES string of the molecule is CCNC(=NCC1(SC)CCOCC1)NC1CCC(SC)C1. The number of rotatable bonds is 6. The molecule has 2 fully saturated rings. The minimum atomic E-state index is 0.262. The van der Waals surface area contributed by atoms with Gasteiger partial charge < -0.3 is 15.4 Å². The standard InChI is InChI=1S/C16H31N3OS2/c1-4-17-15(19-13-5-6-14(11-13)21-2)18-12-16(22-3)7-9-20-10-8-16/h13-14H,4-12H2,1-3H3,(H2,17,18,19). The molecule has 128 valence electrons. The van der Waals surface area contributed by atoms with Crippen LogP contribution in [0.1, 0.15) is 39.0 Å². The molecular weight excluding hydrogens is 314 g/mol. The smallest absolute Gasteiger partial charge is 0.191 e. The lowest BCUT2D eigenvalue weighted by atomic mass is 9.99. The maximum atomic E-state index is 5.52. The van der Waals surface area contributed by atoms with Gasteiger partial charge in [0.1, 0.15) is 0 Å². The van der Waals surface area contributed by atoms with E-state index in [1.54, 1.807) is 0 Å². The highest BCUT2D eigenvalue weighted by Gasteiger charge is 2.32. The summed E-state index contributed by atoms with van der Waals surface area (Å²) >= 11 is 3.95. The third-order valence-electron chi connectivity index (χ3n) is 4.77. The van der Waals surface area contributed by atoms with Crippen LogP contribution in [0, 0.1) is 0 Å². The van der Waals surface area contributed by atoms with Crippen LogP contribution in [0.15, 0.2) is 4.99 Å². The van der Waals surface area contributed by atoms with Gasteiger partial charge in [0, 0.05) is 35.8 Å². The maximum absolute atomic E-state index is 5.52. The highest BCUT2D eigenvalue weighted by molar-refractivity contribution is 8.00. The maximum Gasteiger partial charge on any atom is 0.191 e. The molecular formula is C16H31N3OS2. The highest BCUT2D eigenvalue weighted by Crippen LogP contribution is 2.34. The van der Waals surface area contributed by atoms with Gasteiger partial charge in [0.05, 0.1) is 6.54 Å². The minimum Gasteiger partial charge on any atom is -0.381 e. The monoisotopic (exact) mass is 345 g/mol. The van der Waals surface area contributed by atoms with Crippen molar-refractivity contribution >= 4 is 29.5 Å². The second-order valence-electron chi connectivity index (χ2n) is 6.21. The summed E-state index contributed by atoms with van der Waals surface area (Å²) in [5, 5.41) is 7.88. The molecule has 0 bridgehead atoms. The summed E-state index contributed by atoms with van der Waals surface area (Å²) in [6.07, 6.45) is 10.5. The number of nitrogens with zero attached hydrogens (tertiary/aromatic N) is 1. The number of thioether (sulfide) groups is 2. The van der Waals surface area contributed by atoms with Crippen molar-refractivity contribution in [3.05, 3.63) is 0 Å². The number of hydrogen-bond acceptors (Lipinski definition) is 4. The molecule has 2 aliphatic rings. The molecule has 6 heteroatoms. The van der Waals surface area contributed by atoms with Gasteiger partial charge in [-0.1, -0.05) is 0 Å². The Hall–Kier alpha value is -0.0700. The third kappa shape index (κ3) is 5.24. The second-order valence-corrected chi connectivity index (χ2v) is 8.62. The summed E-state index contributed by atoms with van der Waals surface area (Å²) in [6, 6.07) is 0.579. The van der Waals surface area contributed by atoms with Crippen molar-refractivity contribution in [1.82, 2.24) is 10.6 Å². The van der Waals surface area contributed by atoms with Crippen LogP contribution in [0.4, 0.5) is 0 Å². The average molecular weight is 346 g/mol. The van der Waals surface area contributed by atoms with E-state index in [9.17, 15) is 0 Å². The number of ether oxygens (including phenoxy) is 1. The van der Waals surface area contributed by atoms with E-state index in [0.717, 1.165) is 50.4 Å². The van der Waals surface area contributed by atoms with Crippen LogP contribution >= 0.6 is 23.5 Å². The van der Waals surface area contributed by atoms with E-state index in [2.05, 4.69) is 30.1 Å². The molecule has 2 atom stereocenters. The number of guanidine groups is 1. The largest absolute Gasteiger partial charge is 0.381 e. The van der Waals surface area contributed by atoms with Crippen molar-refractivity contribution in [2.24, 2.45) is 4.99 Å². The van der Waals surface area contributed by atoms with Crippen LogP contribution in [0.2, 0.25) is 0 Å². The Morgan fingerprint density at radius 2 is 2.05 bits per heavy atom. The molecule has 22 heavy (non-hydrogen) atoms. The summed E-state index contributed by atoms with van der Waals surface area (Å²) in [7, 11) is 0. The lowest BCUT2D eigenvalue weighted by Crippen LogP contribution is -2.44. The van der Waals surface area contributed by atoms with Gasteiger partial charge in [-0.2, -0.15) is 23.5 Å². The predicted octanol–water partition coefficient (Wildman–Crippen LogP) is 2.74. The molecule has 2 unspecified atom stereocenters. The molecule has 0 spiro atoms. The van der Waals surface area contributed by atoms with Crippen molar-refractivity contribution in [1.29, 1.82) is 0 Å². The topological polar surface area (TPSA) is 45.7 Å². The van der Waals surface area contributed by atoms with Crippen molar-refractivity contribution in [3.8, 4) is 0 Å². The van der Waals surface area contributed by atoms with Gasteiger partial charge in [0.2, 0.25) is 0 Å². The fraction of sp³-hybridized carbons (Fsp3) is 0.938. The summed E-state index contributed by atoms with van der Waals surface area (Å²) in [5.74, 6) is 0.995. The fourth-order valence-corrected chi connectivity index (χ4v) is 4.76. The lowest BCUT2D eigenvalue weighted by molar-refractivity contribution is 0.0794. The van der Waals surface area contributed by atoms with E-state index in [0.29, 0.717) is 6.04 Å².